The highest BCUT2D eigenvalue weighted by atomic mass is 19.4. The van der Waals surface area contributed by atoms with Crippen molar-refractivity contribution in [1.29, 1.82) is 0 Å². The van der Waals surface area contributed by atoms with E-state index in [9.17, 15) is 53.0 Å². The minimum Gasteiger partial charge on any atom is -0.255 e. The maximum absolute atomic E-state index is 10.8. The largest absolute Gasteiger partial charge is 0.415 e. The summed E-state index contributed by atoms with van der Waals surface area (Å²) in [5.41, 5.74) is 0. The predicted octanol–water partition coefficient (Wildman–Crippen LogP) is 5.69. The van der Waals surface area contributed by atoms with Crippen molar-refractivity contribution in [3.05, 3.63) is 0 Å². The Bertz CT molecular complexity index is 158. The fourth-order valence-electron chi connectivity index (χ4n) is 0.0619. The smallest absolute Gasteiger partial charge is 0.255 e. The van der Waals surface area contributed by atoms with Gasteiger partial charge < -0.3 is 0 Å². The number of hydrogen-bond acceptors (Lipinski definition) is 2. The van der Waals surface area contributed by atoms with Crippen molar-refractivity contribution in [2.24, 2.45) is 0 Å². The molecule has 0 saturated heterocycles. The molecule has 0 rings (SSSR count). The second-order valence-electron chi connectivity index (χ2n) is 2.16. The lowest BCUT2D eigenvalue weighted by atomic mass is 10.5. The van der Waals surface area contributed by atoms with Crippen LogP contribution in [0.25, 0.3) is 0 Å². The van der Waals surface area contributed by atoms with Gasteiger partial charge in [-0.25, -0.2) is 13.2 Å². The molecule has 0 aromatic carbocycles. The second-order valence-corrected chi connectivity index (χ2v) is 2.16. The Hall–Kier alpha value is -0.920. The van der Waals surface area contributed by atoms with Crippen molar-refractivity contribution in [3.8, 4) is 0 Å². The number of alkyl halides is 10. The molecule has 0 N–H and O–H groups in total. The van der Waals surface area contributed by atoms with Gasteiger partial charge in [0.1, 0.15) is 0 Å². The first-order valence-corrected chi connectivity index (χ1v) is 4.61. The maximum atomic E-state index is 10.8. The summed E-state index contributed by atoms with van der Waals surface area (Å²) >= 11 is 0. The molecule has 0 spiro atoms. The van der Waals surface area contributed by atoms with Crippen LogP contribution in [0.4, 0.5) is 53.0 Å². The van der Waals surface area contributed by atoms with Gasteiger partial charge in [0.25, 0.3) is 0 Å². The van der Waals surface area contributed by atoms with Crippen molar-refractivity contribution < 1.29 is 62.8 Å². The number of hydrogen-bond donors (Lipinski definition) is 0. The monoisotopic (exact) mass is 370 g/mol. The summed E-state index contributed by atoms with van der Waals surface area (Å²) in [6.45, 7) is -3.84. The highest BCUT2D eigenvalue weighted by Crippen LogP contribution is 2.17. The zero-order valence-electron chi connectivity index (χ0n) is 11.2. The highest BCUT2D eigenvalue weighted by molar-refractivity contribution is 4.40. The molecule has 0 aliphatic heterocycles. The molecule has 14 heteroatoms. The van der Waals surface area contributed by atoms with Gasteiger partial charge in [-0.15, -0.1) is 0 Å². The molecule has 0 heterocycles. The average molecular weight is 370 g/mol. The normalized spacial score (nSPS) is 9.55. The summed E-state index contributed by atoms with van der Waals surface area (Å²) in [4.78, 5) is 4.66. The predicted molar refractivity (Wildman–Crippen MR) is 51.7 cm³/mol. The van der Waals surface area contributed by atoms with Crippen LogP contribution in [0.5, 0.6) is 0 Å². The Morgan fingerprint density at radius 2 is 0.955 bits per heavy atom. The summed E-state index contributed by atoms with van der Waals surface area (Å²) in [7, 11) is 0.500. The Labute approximate surface area is 117 Å². The summed E-state index contributed by atoms with van der Waals surface area (Å²) in [6, 6.07) is 0. The molecule has 142 valence electrons. The first kappa shape index (κ1) is 32.9. The SMILES string of the molecule is CCC(F)(F)F.CF.FCF.FCOF.FOCC(F)(F)F. The standard InChI is InChI=1S/C3H5F3.C2H2F4O.CH2F2O.CH2F2.CH3F/c1-2-3(4,5)6;3-2(4,5)1-7-6;2-1-4-3;2-1-3;1-2/h2H2,1H3;1H2;1H2;1H2;1H3. The van der Waals surface area contributed by atoms with Crippen molar-refractivity contribution in [2.75, 3.05) is 27.6 Å². The van der Waals surface area contributed by atoms with Crippen LogP contribution in [-0.4, -0.2) is 39.9 Å². The zero-order valence-corrected chi connectivity index (χ0v) is 11.2. The van der Waals surface area contributed by atoms with Gasteiger partial charge in [0.2, 0.25) is 13.8 Å². The van der Waals surface area contributed by atoms with Crippen LogP contribution in [-0.2, 0) is 9.88 Å². The molecular formula is C8H14F12O2. The van der Waals surface area contributed by atoms with Gasteiger partial charge in [0.05, 0.1) is 7.18 Å². The fourth-order valence-corrected chi connectivity index (χ4v) is 0.0619. The van der Waals surface area contributed by atoms with Crippen LogP contribution in [0.3, 0.4) is 0 Å². The first-order chi connectivity index (χ1) is 9.95. The van der Waals surface area contributed by atoms with E-state index in [0.29, 0.717) is 7.18 Å². The van der Waals surface area contributed by atoms with Crippen molar-refractivity contribution in [1.82, 2.24) is 0 Å². The van der Waals surface area contributed by atoms with Gasteiger partial charge in [-0.1, -0.05) is 6.92 Å². The third-order valence-electron chi connectivity index (χ3n) is 0.660. The van der Waals surface area contributed by atoms with Crippen LogP contribution in [0, 0.1) is 0 Å². The number of rotatable bonds is 2. The van der Waals surface area contributed by atoms with Crippen LogP contribution in [0.2, 0.25) is 0 Å². The molecule has 0 saturated carbocycles. The summed E-state index contributed by atoms with van der Waals surface area (Å²) in [6.07, 6.45) is -9.23. The average Bonchev–Trinajstić information content (AvgIpc) is 2.41. The van der Waals surface area contributed by atoms with Gasteiger partial charge in [-0.05, 0) is 9.05 Å². The van der Waals surface area contributed by atoms with Crippen LogP contribution in [0.1, 0.15) is 13.3 Å². The van der Waals surface area contributed by atoms with Gasteiger partial charge in [0.15, 0.2) is 6.61 Å². The van der Waals surface area contributed by atoms with E-state index in [1.54, 1.807) is 0 Å². The quantitative estimate of drug-likeness (QED) is 0.582. The minimum atomic E-state index is -4.55. The summed E-state index contributed by atoms with van der Waals surface area (Å²) in [5, 5.41) is 0. The molecule has 0 amide bonds. The lowest BCUT2D eigenvalue weighted by Gasteiger charge is -1.97. The van der Waals surface area contributed by atoms with Crippen molar-refractivity contribution in [3.63, 3.8) is 0 Å². The van der Waals surface area contributed by atoms with Crippen LogP contribution < -0.4 is 0 Å². The third kappa shape index (κ3) is 124. The van der Waals surface area contributed by atoms with Gasteiger partial charge in [-0.2, -0.15) is 36.2 Å². The van der Waals surface area contributed by atoms with E-state index in [4.69, 9.17) is 0 Å². The Kier molecular flexibility index (Phi) is 37.4. The van der Waals surface area contributed by atoms with E-state index in [1.165, 1.54) is 0 Å². The van der Waals surface area contributed by atoms with E-state index in [0.717, 1.165) is 6.92 Å². The molecule has 0 unspecified atom stereocenters. The second kappa shape index (κ2) is 25.1. The van der Waals surface area contributed by atoms with Gasteiger partial charge in [0, 0.05) is 6.42 Å². The van der Waals surface area contributed by atoms with E-state index in [1.807, 2.05) is 0 Å². The molecule has 0 radical (unpaired) electrons. The van der Waals surface area contributed by atoms with E-state index in [-0.39, 0.29) is 0 Å². The Morgan fingerprint density at radius 3 is 0.955 bits per heavy atom. The Morgan fingerprint density at radius 1 is 0.727 bits per heavy atom. The van der Waals surface area contributed by atoms with Crippen LogP contribution >= 0.6 is 0 Å². The Balaban J connectivity index is -0.0000000586. The first-order valence-electron chi connectivity index (χ1n) is 4.61. The van der Waals surface area contributed by atoms with E-state index in [2.05, 4.69) is 9.88 Å². The molecule has 0 aliphatic rings. The van der Waals surface area contributed by atoms with Crippen LogP contribution in [0.15, 0.2) is 0 Å². The van der Waals surface area contributed by atoms with E-state index < -0.39 is 39.2 Å². The lowest BCUT2D eigenvalue weighted by molar-refractivity contribution is -0.245. The van der Waals surface area contributed by atoms with Gasteiger partial charge in [-0.3, -0.25) is 4.39 Å². The molecule has 0 atom stereocenters. The molecule has 2 nitrogen and oxygen atoms in total. The molecular weight excluding hydrogens is 356 g/mol. The summed E-state index contributed by atoms with van der Waals surface area (Å²) in [5.74, 6) is 0. The van der Waals surface area contributed by atoms with Crippen molar-refractivity contribution in [2.45, 2.75) is 25.7 Å². The molecule has 0 bridgehead atoms. The molecule has 0 aromatic rings. The molecule has 0 aromatic heterocycles. The zero-order chi connectivity index (χ0) is 19.2. The lowest BCUT2D eigenvalue weighted by Crippen LogP contribution is -2.13. The molecule has 22 heavy (non-hydrogen) atoms. The summed E-state index contributed by atoms with van der Waals surface area (Å²) < 4.78 is 123. The molecule has 0 fully saturated rings. The third-order valence-corrected chi connectivity index (χ3v) is 0.660. The topological polar surface area (TPSA) is 18.5 Å². The van der Waals surface area contributed by atoms with Gasteiger partial charge >= 0.3 is 12.4 Å². The minimum absolute atomic E-state index is 0.500. The van der Waals surface area contributed by atoms with Crippen molar-refractivity contribution >= 4 is 0 Å². The fraction of sp³-hybridized carbons (Fsp3) is 1.00. The maximum Gasteiger partial charge on any atom is 0.415 e. The number of halogens is 12. The molecule has 0 aliphatic carbocycles. The van der Waals surface area contributed by atoms with E-state index >= 15 is 0 Å². The highest BCUT2D eigenvalue weighted by Gasteiger charge is 2.27.